The fourth-order valence-electron chi connectivity index (χ4n) is 4.44. The van der Waals surface area contributed by atoms with Crippen LogP contribution in [0.1, 0.15) is 60.5 Å². The van der Waals surface area contributed by atoms with Crippen molar-refractivity contribution in [3.05, 3.63) is 88.4 Å². The van der Waals surface area contributed by atoms with E-state index in [0.717, 1.165) is 51.4 Å². The number of hydrogen-bond acceptors (Lipinski definition) is 5. The molecule has 5 rings (SSSR count). The predicted molar refractivity (Wildman–Crippen MR) is 143 cm³/mol. The van der Waals surface area contributed by atoms with Crippen LogP contribution in [0.5, 0.6) is 5.88 Å². The van der Waals surface area contributed by atoms with Crippen LogP contribution in [-0.4, -0.2) is 19.7 Å². The first kappa shape index (κ1) is 23.8. The highest BCUT2D eigenvalue weighted by molar-refractivity contribution is 5.84. The van der Waals surface area contributed by atoms with E-state index in [2.05, 4.69) is 76.2 Å². The van der Waals surface area contributed by atoms with Crippen LogP contribution in [0.3, 0.4) is 0 Å². The Bertz CT molecular complexity index is 1510. The van der Waals surface area contributed by atoms with Gasteiger partial charge in [-0.25, -0.2) is 9.67 Å². The highest BCUT2D eigenvalue weighted by Gasteiger charge is 2.17. The molecule has 0 bridgehead atoms. The molecular formula is C30H32N4O2. The summed E-state index contributed by atoms with van der Waals surface area (Å²) in [6, 6.07) is 18.8. The Balaban J connectivity index is 1.41. The summed E-state index contributed by atoms with van der Waals surface area (Å²) in [6.07, 6.45) is 1.00. The number of nitrogens with zero attached hydrogens (tertiary/aromatic N) is 4. The fourth-order valence-corrected chi connectivity index (χ4v) is 4.44. The van der Waals surface area contributed by atoms with Crippen molar-refractivity contribution in [2.75, 3.05) is 0 Å². The second-order valence-corrected chi connectivity index (χ2v) is 9.58. The summed E-state index contributed by atoms with van der Waals surface area (Å²) in [4.78, 5) is 9.53. The van der Waals surface area contributed by atoms with Gasteiger partial charge in [0.1, 0.15) is 18.1 Å². The number of fused-ring (bicyclic) bond motifs is 1. The van der Waals surface area contributed by atoms with Crippen LogP contribution in [0.4, 0.5) is 0 Å². The zero-order valence-electron chi connectivity index (χ0n) is 21.8. The summed E-state index contributed by atoms with van der Waals surface area (Å²) in [7, 11) is 0. The third-order valence-electron chi connectivity index (χ3n) is 6.65. The molecular weight excluding hydrogens is 448 g/mol. The lowest BCUT2D eigenvalue weighted by Gasteiger charge is -2.08. The Hall–Kier alpha value is -3.93. The van der Waals surface area contributed by atoms with Crippen LogP contribution >= 0.6 is 0 Å². The average Bonchev–Trinajstić information content (AvgIpc) is 3.42. The van der Waals surface area contributed by atoms with Gasteiger partial charge in [0.15, 0.2) is 5.65 Å². The third-order valence-corrected chi connectivity index (χ3v) is 6.65. The maximum atomic E-state index is 6.12. The number of oxazole rings is 1. The molecule has 0 atom stereocenters. The van der Waals surface area contributed by atoms with Gasteiger partial charge in [-0.15, -0.1) is 0 Å². The Morgan fingerprint density at radius 3 is 2.33 bits per heavy atom. The number of ether oxygens (including phenoxy) is 1. The van der Waals surface area contributed by atoms with Crippen molar-refractivity contribution >= 4 is 11.0 Å². The van der Waals surface area contributed by atoms with Crippen molar-refractivity contribution in [3.63, 3.8) is 0 Å². The van der Waals surface area contributed by atoms with Gasteiger partial charge in [-0.3, -0.25) is 0 Å². The molecule has 2 aromatic carbocycles. The minimum atomic E-state index is 0.273. The van der Waals surface area contributed by atoms with Crippen molar-refractivity contribution < 1.29 is 9.15 Å². The SMILES string of the molecule is CCc1ccc(-n2nc(C)c3c(C)cc(OCc4nc(-c5ccc(C(C)C)cc5)oc4C)nc32)cc1. The average molecular weight is 481 g/mol. The van der Waals surface area contributed by atoms with Gasteiger partial charge in [0, 0.05) is 17.0 Å². The van der Waals surface area contributed by atoms with Crippen molar-refractivity contribution in [1.29, 1.82) is 0 Å². The van der Waals surface area contributed by atoms with Gasteiger partial charge in [0.25, 0.3) is 0 Å². The van der Waals surface area contributed by atoms with Gasteiger partial charge in [0.2, 0.25) is 11.8 Å². The smallest absolute Gasteiger partial charge is 0.226 e. The van der Waals surface area contributed by atoms with Crippen LogP contribution in [-0.2, 0) is 13.0 Å². The molecule has 6 heteroatoms. The van der Waals surface area contributed by atoms with Crippen LogP contribution in [0, 0.1) is 20.8 Å². The van der Waals surface area contributed by atoms with Crippen LogP contribution < -0.4 is 4.74 Å². The van der Waals surface area contributed by atoms with E-state index in [1.165, 1.54) is 11.1 Å². The van der Waals surface area contributed by atoms with E-state index in [4.69, 9.17) is 24.2 Å². The van der Waals surface area contributed by atoms with E-state index < -0.39 is 0 Å². The third kappa shape index (κ3) is 4.51. The summed E-state index contributed by atoms with van der Waals surface area (Å²) < 4.78 is 14.0. The van der Waals surface area contributed by atoms with E-state index in [1.54, 1.807) is 0 Å². The summed E-state index contributed by atoms with van der Waals surface area (Å²) in [5.74, 6) is 2.37. The highest BCUT2D eigenvalue weighted by Crippen LogP contribution is 2.28. The maximum absolute atomic E-state index is 6.12. The maximum Gasteiger partial charge on any atom is 0.226 e. The Labute approximate surface area is 212 Å². The number of rotatable bonds is 7. The van der Waals surface area contributed by atoms with E-state index in [-0.39, 0.29) is 6.61 Å². The van der Waals surface area contributed by atoms with Crippen LogP contribution in [0.15, 0.2) is 59.0 Å². The molecule has 0 aliphatic carbocycles. The topological polar surface area (TPSA) is 66.0 Å². The molecule has 5 aromatic rings. The van der Waals surface area contributed by atoms with Crippen molar-refractivity contribution in [2.24, 2.45) is 0 Å². The van der Waals surface area contributed by atoms with E-state index in [9.17, 15) is 0 Å². The molecule has 3 aromatic heterocycles. The molecule has 0 N–H and O–H groups in total. The van der Waals surface area contributed by atoms with Gasteiger partial charge in [-0.2, -0.15) is 10.1 Å². The van der Waals surface area contributed by atoms with Gasteiger partial charge in [0.05, 0.1) is 11.4 Å². The largest absolute Gasteiger partial charge is 0.471 e. The molecule has 0 amide bonds. The molecule has 6 nitrogen and oxygen atoms in total. The van der Waals surface area contributed by atoms with Crippen molar-refractivity contribution in [2.45, 2.75) is 60.5 Å². The molecule has 0 spiro atoms. The Morgan fingerprint density at radius 1 is 0.944 bits per heavy atom. The number of pyridine rings is 1. The van der Waals surface area contributed by atoms with Crippen molar-refractivity contribution in [1.82, 2.24) is 19.7 Å². The molecule has 0 saturated heterocycles. The van der Waals surface area contributed by atoms with Gasteiger partial charge in [-0.1, -0.05) is 45.0 Å². The summed E-state index contributed by atoms with van der Waals surface area (Å²) in [5.41, 5.74) is 8.09. The molecule has 0 saturated carbocycles. The Kier molecular flexibility index (Phi) is 6.35. The predicted octanol–water partition coefficient (Wildman–Crippen LogP) is 7.27. The Morgan fingerprint density at radius 2 is 1.67 bits per heavy atom. The first-order valence-corrected chi connectivity index (χ1v) is 12.5. The molecule has 0 aliphatic heterocycles. The van der Waals surface area contributed by atoms with Crippen molar-refractivity contribution in [3.8, 4) is 23.0 Å². The summed E-state index contributed by atoms with van der Waals surface area (Å²) >= 11 is 0. The van der Waals surface area contributed by atoms with E-state index in [0.29, 0.717) is 17.7 Å². The van der Waals surface area contributed by atoms with Crippen LogP contribution in [0.25, 0.3) is 28.2 Å². The number of benzene rings is 2. The summed E-state index contributed by atoms with van der Waals surface area (Å²) in [6.45, 7) is 12.8. The lowest BCUT2D eigenvalue weighted by molar-refractivity contribution is 0.288. The second-order valence-electron chi connectivity index (χ2n) is 9.58. The second kappa shape index (κ2) is 9.61. The molecule has 0 fully saturated rings. The normalized spacial score (nSPS) is 11.5. The molecule has 184 valence electrons. The van der Waals surface area contributed by atoms with Crippen LogP contribution in [0.2, 0.25) is 0 Å². The lowest BCUT2D eigenvalue weighted by Crippen LogP contribution is -2.02. The first-order valence-electron chi connectivity index (χ1n) is 12.5. The molecule has 0 radical (unpaired) electrons. The molecule has 36 heavy (non-hydrogen) atoms. The zero-order valence-corrected chi connectivity index (χ0v) is 21.8. The molecule has 0 unspecified atom stereocenters. The van der Waals surface area contributed by atoms with Gasteiger partial charge >= 0.3 is 0 Å². The lowest BCUT2D eigenvalue weighted by atomic mass is 10.0. The molecule has 0 aliphatic rings. The quantitative estimate of drug-likeness (QED) is 0.245. The summed E-state index contributed by atoms with van der Waals surface area (Å²) in [5, 5.41) is 5.82. The number of hydrogen-bond donors (Lipinski definition) is 0. The minimum absolute atomic E-state index is 0.273. The number of aryl methyl sites for hydroxylation is 4. The number of aromatic nitrogens is 4. The van der Waals surface area contributed by atoms with E-state index in [1.807, 2.05) is 24.6 Å². The highest BCUT2D eigenvalue weighted by atomic mass is 16.5. The minimum Gasteiger partial charge on any atom is -0.471 e. The fraction of sp³-hybridized carbons (Fsp3) is 0.300. The molecule has 3 heterocycles. The first-order chi connectivity index (χ1) is 17.3. The van der Waals surface area contributed by atoms with Gasteiger partial charge < -0.3 is 9.15 Å². The monoisotopic (exact) mass is 480 g/mol. The zero-order chi connectivity index (χ0) is 25.4. The van der Waals surface area contributed by atoms with E-state index >= 15 is 0 Å². The standard InChI is InChI=1S/C30H32N4O2/c1-7-22-8-14-25(15-9-22)34-29-28(20(5)33-34)19(4)16-27(32-29)35-17-26-21(6)36-30(31-26)24-12-10-23(11-13-24)18(2)3/h8-16,18H,7,17H2,1-6H3. The van der Waals surface area contributed by atoms with Gasteiger partial charge in [-0.05, 0) is 74.1 Å².